The number of rotatable bonds is 5. The van der Waals surface area contributed by atoms with Crippen molar-refractivity contribution in [3.8, 4) is 56.4 Å². The molecule has 0 aliphatic carbocycles. The molecule has 0 atom stereocenters. The third kappa shape index (κ3) is 4.90. The largest absolute Gasteiger partial charge is 0.208 e. The zero-order chi connectivity index (χ0) is 31.9. The fourth-order valence-electron chi connectivity index (χ4n) is 6.79. The summed E-state index contributed by atoms with van der Waals surface area (Å²) in [6.45, 7) is 0. The fourth-order valence-corrected chi connectivity index (χ4v) is 6.79. The molecule has 0 amide bonds. The molecule has 0 saturated heterocycles. The van der Waals surface area contributed by atoms with Gasteiger partial charge in [-0.15, -0.1) is 0 Å². The van der Waals surface area contributed by atoms with E-state index in [1.807, 2.05) is 24.3 Å². The van der Waals surface area contributed by atoms with Crippen molar-refractivity contribution in [1.82, 2.24) is 15.0 Å². The lowest BCUT2D eigenvalue weighted by atomic mass is 9.93. The van der Waals surface area contributed by atoms with Gasteiger partial charge in [0.2, 0.25) is 0 Å². The van der Waals surface area contributed by atoms with Gasteiger partial charge in [-0.2, -0.15) is 0 Å². The van der Waals surface area contributed by atoms with Crippen LogP contribution in [0.25, 0.3) is 88.7 Å². The minimum atomic E-state index is 0.642. The summed E-state index contributed by atoms with van der Waals surface area (Å²) in [5.74, 6) is 1.94. The third-order valence-electron chi connectivity index (χ3n) is 9.13. The summed E-state index contributed by atoms with van der Waals surface area (Å²) in [5, 5.41) is 6.99. The molecule has 0 aliphatic heterocycles. The second kappa shape index (κ2) is 11.7. The van der Waals surface area contributed by atoms with E-state index < -0.39 is 0 Å². The normalized spacial score (nSPS) is 11.3. The maximum absolute atomic E-state index is 5.31. The Labute approximate surface area is 278 Å². The van der Waals surface area contributed by atoms with Gasteiger partial charge in [0.15, 0.2) is 17.5 Å². The molecule has 0 unspecified atom stereocenters. The summed E-state index contributed by atoms with van der Waals surface area (Å²) in [4.78, 5) is 15.7. The number of aromatic nitrogens is 3. The molecule has 1 heterocycles. The van der Waals surface area contributed by atoms with E-state index in [-0.39, 0.29) is 0 Å². The van der Waals surface area contributed by atoms with E-state index in [1.54, 1.807) is 0 Å². The van der Waals surface area contributed by atoms with Crippen LogP contribution in [-0.4, -0.2) is 15.0 Å². The van der Waals surface area contributed by atoms with Gasteiger partial charge in [0.25, 0.3) is 0 Å². The first-order chi connectivity index (χ1) is 23.8. The smallest absolute Gasteiger partial charge is 0.165 e. The van der Waals surface area contributed by atoms with Gasteiger partial charge in [-0.05, 0) is 60.6 Å². The van der Waals surface area contributed by atoms with Crippen LogP contribution in [-0.2, 0) is 0 Å². The van der Waals surface area contributed by atoms with Gasteiger partial charge in [0.1, 0.15) is 0 Å². The molecule has 0 spiro atoms. The highest BCUT2D eigenvalue weighted by atomic mass is 15.0. The first-order valence-electron chi connectivity index (χ1n) is 16.2. The predicted octanol–water partition coefficient (Wildman–Crippen LogP) is 11.7. The Bertz CT molecular complexity index is 2590. The first-order valence-corrected chi connectivity index (χ1v) is 16.2. The summed E-state index contributed by atoms with van der Waals surface area (Å²) < 4.78 is 0. The molecule has 48 heavy (non-hydrogen) atoms. The molecule has 0 aliphatic rings. The summed E-state index contributed by atoms with van der Waals surface area (Å²) in [6, 6.07) is 61.6. The van der Waals surface area contributed by atoms with E-state index in [9.17, 15) is 0 Å². The highest BCUT2D eigenvalue weighted by molar-refractivity contribution is 6.19. The average Bonchev–Trinajstić information content (AvgIpc) is 3.17. The van der Waals surface area contributed by atoms with Crippen LogP contribution >= 0.6 is 0 Å². The lowest BCUT2D eigenvalue weighted by Crippen LogP contribution is -2.02. The van der Waals surface area contributed by atoms with Crippen molar-refractivity contribution in [3.05, 3.63) is 176 Å². The fraction of sp³-hybridized carbons (Fsp3) is 0. The van der Waals surface area contributed by atoms with E-state index in [0.717, 1.165) is 44.0 Å². The second-order valence-corrected chi connectivity index (χ2v) is 12.0. The van der Waals surface area contributed by atoms with Crippen LogP contribution in [0.15, 0.2) is 176 Å². The molecule has 3 heteroatoms. The predicted molar refractivity (Wildman–Crippen MR) is 200 cm³/mol. The average molecular weight is 612 g/mol. The molecule has 0 fully saturated rings. The highest BCUT2D eigenvalue weighted by Gasteiger charge is 2.19. The van der Waals surface area contributed by atoms with Crippen molar-refractivity contribution in [2.75, 3.05) is 0 Å². The first kappa shape index (κ1) is 27.8. The van der Waals surface area contributed by atoms with Crippen molar-refractivity contribution < 1.29 is 0 Å². The Morgan fingerprint density at radius 1 is 0.271 bits per heavy atom. The van der Waals surface area contributed by atoms with E-state index in [2.05, 4.69) is 152 Å². The Kier molecular flexibility index (Phi) is 6.80. The van der Waals surface area contributed by atoms with Crippen LogP contribution in [0.3, 0.4) is 0 Å². The molecule has 0 bridgehead atoms. The molecule has 0 N–H and O–H groups in total. The third-order valence-corrected chi connectivity index (χ3v) is 9.13. The standard InChI is InChI=1S/C45H29N3/c1-3-13-30(14-4-1)31-23-25-33(26-24-31)36-19-11-12-22-40(36)44-46-43(34-16-5-2-6-17-34)47-45(48-44)42-38-21-10-8-18-35(38)29-41-37-20-9-7-15-32(37)27-28-39(41)42/h1-29H. The molecule has 0 radical (unpaired) electrons. The summed E-state index contributed by atoms with van der Waals surface area (Å²) in [6.07, 6.45) is 0. The molecule has 1 aromatic heterocycles. The summed E-state index contributed by atoms with van der Waals surface area (Å²) in [7, 11) is 0. The van der Waals surface area contributed by atoms with Crippen molar-refractivity contribution in [3.63, 3.8) is 0 Å². The zero-order valence-electron chi connectivity index (χ0n) is 26.1. The maximum Gasteiger partial charge on any atom is 0.165 e. The molecule has 3 nitrogen and oxygen atoms in total. The quantitative estimate of drug-likeness (QED) is 0.144. The molecular formula is C45H29N3. The van der Waals surface area contributed by atoms with Gasteiger partial charge in [-0.1, -0.05) is 170 Å². The van der Waals surface area contributed by atoms with Gasteiger partial charge in [-0.25, -0.2) is 15.0 Å². The molecule has 9 aromatic rings. The maximum atomic E-state index is 5.31. The Morgan fingerprint density at radius 2 is 0.812 bits per heavy atom. The van der Waals surface area contributed by atoms with Crippen molar-refractivity contribution >= 4 is 32.3 Å². The van der Waals surface area contributed by atoms with Crippen LogP contribution in [0, 0.1) is 0 Å². The van der Waals surface area contributed by atoms with E-state index in [4.69, 9.17) is 15.0 Å². The highest BCUT2D eigenvalue weighted by Crippen LogP contribution is 2.40. The molecule has 8 aromatic carbocycles. The number of fused-ring (bicyclic) bond motifs is 4. The number of hydrogen-bond acceptors (Lipinski definition) is 3. The van der Waals surface area contributed by atoms with Gasteiger partial charge in [0, 0.05) is 16.7 Å². The number of nitrogens with zero attached hydrogens (tertiary/aromatic N) is 3. The minimum Gasteiger partial charge on any atom is -0.208 e. The second-order valence-electron chi connectivity index (χ2n) is 12.0. The van der Waals surface area contributed by atoms with Crippen molar-refractivity contribution in [2.24, 2.45) is 0 Å². The minimum absolute atomic E-state index is 0.642. The number of benzene rings is 8. The van der Waals surface area contributed by atoms with Gasteiger partial charge >= 0.3 is 0 Å². The Morgan fingerprint density at radius 3 is 1.58 bits per heavy atom. The zero-order valence-corrected chi connectivity index (χ0v) is 26.1. The molecule has 9 rings (SSSR count). The lowest BCUT2D eigenvalue weighted by molar-refractivity contribution is 1.08. The molecule has 0 saturated carbocycles. The van der Waals surface area contributed by atoms with Crippen molar-refractivity contribution in [1.29, 1.82) is 0 Å². The topological polar surface area (TPSA) is 38.7 Å². The Balaban J connectivity index is 1.29. The van der Waals surface area contributed by atoms with Crippen LogP contribution in [0.5, 0.6) is 0 Å². The number of hydrogen-bond donors (Lipinski definition) is 0. The van der Waals surface area contributed by atoms with Gasteiger partial charge < -0.3 is 0 Å². The summed E-state index contributed by atoms with van der Waals surface area (Å²) >= 11 is 0. The summed E-state index contributed by atoms with van der Waals surface area (Å²) in [5.41, 5.74) is 7.47. The van der Waals surface area contributed by atoms with Crippen molar-refractivity contribution in [2.45, 2.75) is 0 Å². The molecule has 224 valence electrons. The van der Waals surface area contributed by atoms with Crippen LogP contribution in [0.2, 0.25) is 0 Å². The van der Waals surface area contributed by atoms with Gasteiger partial charge in [0.05, 0.1) is 0 Å². The Hall–Kier alpha value is -6.45. The van der Waals surface area contributed by atoms with Crippen LogP contribution in [0.1, 0.15) is 0 Å². The van der Waals surface area contributed by atoms with Crippen LogP contribution < -0.4 is 0 Å². The van der Waals surface area contributed by atoms with Gasteiger partial charge in [-0.3, -0.25) is 0 Å². The monoisotopic (exact) mass is 611 g/mol. The lowest BCUT2D eigenvalue weighted by Gasteiger charge is -2.15. The van der Waals surface area contributed by atoms with Crippen LogP contribution in [0.4, 0.5) is 0 Å². The van der Waals surface area contributed by atoms with E-state index >= 15 is 0 Å². The van der Waals surface area contributed by atoms with E-state index in [1.165, 1.54) is 27.3 Å². The SMILES string of the molecule is c1ccc(-c2ccc(-c3ccccc3-c3nc(-c4ccccc4)nc(-c4c5ccccc5cc5c4ccc4ccccc45)n3)cc2)cc1. The molecular weight excluding hydrogens is 583 g/mol. The van der Waals surface area contributed by atoms with E-state index in [0.29, 0.717) is 17.5 Å².